The molecule has 0 unspecified atom stereocenters. The first-order valence-corrected chi connectivity index (χ1v) is 6.15. The molecule has 0 aliphatic rings. The molecule has 0 spiro atoms. The summed E-state index contributed by atoms with van der Waals surface area (Å²) in [6, 6.07) is 4.24. The van der Waals surface area contributed by atoms with Crippen molar-refractivity contribution in [3.8, 4) is 5.69 Å². The zero-order valence-corrected chi connectivity index (χ0v) is 11.1. The predicted octanol–water partition coefficient (Wildman–Crippen LogP) is 1.84. The zero-order valence-electron chi connectivity index (χ0n) is 11.1. The van der Waals surface area contributed by atoms with E-state index >= 15 is 0 Å². The minimum Gasteiger partial charge on any atom is -0.481 e. The summed E-state index contributed by atoms with van der Waals surface area (Å²) in [7, 11) is 0. The summed E-state index contributed by atoms with van der Waals surface area (Å²) in [4.78, 5) is 22.3. The standard InChI is InChI=1S/C14H12F2N2O3/c1-8-6-13(19)11(3-5-14(20)21)17-18(8)12-4-2-9(15)7-10(12)16/h2,4,6-7H,3,5H2,1H3,(H,20,21). The first-order chi connectivity index (χ1) is 9.88. The van der Waals surface area contributed by atoms with Gasteiger partial charge >= 0.3 is 5.97 Å². The average Bonchev–Trinajstić information content (AvgIpc) is 2.38. The molecule has 110 valence electrons. The Kier molecular flexibility index (Phi) is 4.11. The number of hydrogen-bond donors (Lipinski definition) is 1. The van der Waals surface area contributed by atoms with E-state index in [9.17, 15) is 18.4 Å². The molecule has 0 saturated carbocycles. The molecule has 1 aromatic carbocycles. The van der Waals surface area contributed by atoms with Crippen LogP contribution in [0.4, 0.5) is 8.78 Å². The third kappa shape index (κ3) is 3.31. The normalized spacial score (nSPS) is 10.6. The third-order valence-electron chi connectivity index (χ3n) is 2.89. The quantitative estimate of drug-likeness (QED) is 0.934. The molecule has 0 aliphatic heterocycles. The van der Waals surface area contributed by atoms with Crippen LogP contribution in [0.2, 0.25) is 0 Å². The summed E-state index contributed by atoms with van der Waals surface area (Å²) in [5.41, 5.74) is -0.0331. The number of halogens is 2. The Hall–Kier alpha value is -2.57. The van der Waals surface area contributed by atoms with E-state index in [4.69, 9.17) is 5.11 Å². The van der Waals surface area contributed by atoms with Gasteiger partial charge in [-0.25, -0.2) is 13.5 Å². The van der Waals surface area contributed by atoms with Crippen molar-refractivity contribution in [3.05, 3.63) is 57.5 Å². The molecular formula is C14H12F2N2O3. The van der Waals surface area contributed by atoms with Crippen molar-refractivity contribution in [2.45, 2.75) is 19.8 Å². The lowest BCUT2D eigenvalue weighted by atomic mass is 10.2. The first kappa shape index (κ1) is 14.8. The number of carboxylic acid groups (broad SMARTS) is 1. The van der Waals surface area contributed by atoms with Gasteiger partial charge in [-0.15, -0.1) is 0 Å². The van der Waals surface area contributed by atoms with Gasteiger partial charge in [0.25, 0.3) is 0 Å². The Morgan fingerprint density at radius 3 is 2.67 bits per heavy atom. The van der Waals surface area contributed by atoms with Gasteiger partial charge in [0.2, 0.25) is 5.43 Å². The monoisotopic (exact) mass is 294 g/mol. The molecular weight excluding hydrogens is 282 g/mol. The topological polar surface area (TPSA) is 72.2 Å². The van der Waals surface area contributed by atoms with Gasteiger partial charge in [0.15, 0.2) is 5.82 Å². The van der Waals surface area contributed by atoms with E-state index in [1.807, 2.05) is 0 Å². The maximum absolute atomic E-state index is 13.8. The molecule has 1 heterocycles. The number of carboxylic acids is 1. The molecule has 0 bridgehead atoms. The van der Waals surface area contributed by atoms with Gasteiger partial charge in [0.1, 0.15) is 17.2 Å². The van der Waals surface area contributed by atoms with E-state index in [0.717, 1.165) is 10.7 Å². The Morgan fingerprint density at radius 1 is 1.33 bits per heavy atom. The molecule has 2 aromatic rings. The number of benzene rings is 1. The Bertz CT molecular complexity index is 756. The number of aryl methyl sites for hydroxylation is 2. The van der Waals surface area contributed by atoms with E-state index in [2.05, 4.69) is 5.10 Å². The minimum atomic E-state index is -1.06. The fourth-order valence-corrected chi connectivity index (χ4v) is 1.88. The molecule has 0 radical (unpaired) electrons. The second-order valence-electron chi connectivity index (χ2n) is 4.50. The van der Waals surface area contributed by atoms with E-state index in [-0.39, 0.29) is 24.2 Å². The predicted molar refractivity (Wildman–Crippen MR) is 70.4 cm³/mol. The van der Waals surface area contributed by atoms with E-state index in [0.29, 0.717) is 11.8 Å². The van der Waals surface area contributed by atoms with Gasteiger partial charge in [-0.1, -0.05) is 0 Å². The van der Waals surface area contributed by atoms with Crippen LogP contribution in [0.25, 0.3) is 5.69 Å². The lowest BCUT2D eigenvalue weighted by molar-refractivity contribution is -0.136. The second-order valence-corrected chi connectivity index (χ2v) is 4.50. The van der Waals surface area contributed by atoms with Crippen molar-refractivity contribution in [3.63, 3.8) is 0 Å². The van der Waals surface area contributed by atoms with Crippen LogP contribution in [-0.2, 0) is 11.2 Å². The Labute approximate surface area is 118 Å². The molecule has 0 atom stereocenters. The summed E-state index contributed by atoms with van der Waals surface area (Å²) in [5, 5.41) is 12.6. The van der Waals surface area contributed by atoms with Crippen LogP contribution in [0.3, 0.4) is 0 Å². The van der Waals surface area contributed by atoms with Crippen LogP contribution >= 0.6 is 0 Å². The summed E-state index contributed by atoms with van der Waals surface area (Å²) >= 11 is 0. The van der Waals surface area contributed by atoms with Gasteiger partial charge in [0.05, 0.1) is 6.42 Å². The number of hydrogen-bond acceptors (Lipinski definition) is 3. The van der Waals surface area contributed by atoms with Gasteiger partial charge in [-0.05, 0) is 19.1 Å². The van der Waals surface area contributed by atoms with Gasteiger partial charge in [0, 0.05) is 24.2 Å². The van der Waals surface area contributed by atoms with Crippen LogP contribution in [0.5, 0.6) is 0 Å². The maximum atomic E-state index is 13.8. The lowest BCUT2D eigenvalue weighted by Crippen LogP contribution is -2.20. The van der Waals surface area contributed by atoms with E-state index < -0.39 is 23.0 Å². The van der Waals surface area contributed by atoms with Crippen molar-refractivity contribution in [1.82, 2.24) is 9.78 Å². The summed E-state index contributed by atoms with van der Waals surface area (Å²) in [6.45, 7) is 1.55. The minimum absolute atomic E-state index is 0.00882. The highest BCUT2D eigenvalue weighted by Crippen LogP contribution is 2.15. The lowest BCUT2D eigenvalue weighted by Gasteiger charge is -2.11. The number of rotatable bonds is 4. The fraction of sp³-hybridized carbons (Fsp3) is 0.214. The van der Waals surface area contributed by atoms with Crippen molar-refractivity contribution >= 4 is 5.97 Å². The number of carbonyl (C=O) groups is 1. The number of nitrogens with zero attached hydrogens (tertiary/aromatic N) is 2. The van der Waals surface area contributed by atoms with Crippen molar-refractivity contribution < 1.29 is 18.7 Å². The van der Waals surface area contributed by atoms with Crippen LogP contribution < -0.4 is 5.43 Å². The van der Waals surface area contributed by atoms with Crippen molar-refractivity contribution in [2.75, 3.05) is 0 Å². The van der Waals surface area contributed by atoms with Crippen LogP contribution in [0.1, 0.15) is 17.8 Å². The van der Waals surface area contributed by atoms with E-state index in [1.54, 1.807) is 6.92 Å². The highest BCUT2D eigenvalue weighted by molar-refractivity contribution is 5.66. The molecule has 1 N–H and O–H groups in total. The van der Waals surface area contributed by atoms with Crippen LogP contribution in [0.15, 0.2) is 29.1 Å². The van der Waals surface area contributed by atoms with Crippen LogP contribution in [-0.4, -0.2) is 20.9 Å². The van der Waals surface area contributed by atoms with E-state index in [1.165, 1.54) is 12.1 Å². The molecule has 1 aromatic heterocycles. The van der Waals surface area contributed by atoms with Crippen molar-refractivity contribution in [1.29, 1.82) is 0 Å². The third-order valence-corrected chi connectivity index (χ3v) is 2.89. The smallest absolute Gasteiger partial charge is 0.303 e. The largest absolute Gasteiger partial charge is 0.481 e. The summed E-state index contributed by atoms with van der Waals surface area (Å²) in [6.07, 6.45) is -0.311. The molecule has 5 nitrogen and oxygen atoms in total. The van der Waals surface area contributed by atoms with Crippen LogP contribution in [0, 0.1) is 18.6 Å². The highest BCUT2D eigenvalue weighted by Gasteiger charge is 2.12. The summed E-state index contributed by atoms with van der Waals surface area (Å²) < 4.78 is 27.9. The van der Waals surface area contributed by atoms with Gasteiger partial charge in [-0.3, -0.25) is 9.59 Å². The average molecular weight is 294 g/mol. The zero-order chi connectivity index (χ0) is 15.6. The molecule has 0 saturated heterocycles. The summed E-state index contributed by atoms with van der Waals surface area (Å²) in [5.74, 6) is -2.60. The van der Waals surface area contributed by atoms with Gasteiger partial charge in [-0.2, -0.15) is 5.10 Å². The Morgan fingerprint density at radius 2 is 2.05 bits per heavy atom. The first-order valence-electron chi connectivity index (χ1n) is 6.15. The van der Waals surface area contributed by atoms with Gasteiger partial charge < -0.3 is 5.11 Å². The second kappa shape index (κ2) is 5.82. The molecule has 0 amide bonds. The number of aliphatic carboxylic acids is 1. The SMILES string of the molecule is Cc1cc(=O)c(CCC(=O)O)nn1-c1ccc(F)cc1F. The molecule has 21 heavy (non-hydrogen) atoms. The molecule has 2 rings (SSSR count). The molecule has 0 aliphatic carbocycles. The highest BCUT2D eigenvalue weighted by atomic mass is 19.1. The number of aromatic nitrogens is 2. The van der Waals surface area contributed by atoms with Crippen molar-refractivity contribution in [2.24, 2.45) is 0 Å². The molecule has 7 heteroatoms. The molecule has 0 fully saturated rings. The Balaban J connectivity index is 2.50. The fourth-order valence-electron chi connectivity index (χ4n) is 1.88. The maximum Gasteiger partial charge on any atom is 0.303 e.